The Labute approximate surface area is 111 Å². The minimum Gasteiger partial charge on any atom is -0.348 e. The van der Waals surface area contributed by atoms with E-state index < -0.39 is 0 Å². The second-order valence-electron chi connectivity index (χ2n) is 4.25. The van der Waals surface area contributed by atoms with Gasteiger partial charge in [-0.05, 0) is 5.56 Å². The molecule has 0 spiro atoms. The van der Waals surface area contributed by atoms with E-state index in [-0.39, 0.29) is 18.4 Å². The predicted molar refractivity (Wildman–Crippen MR) is 71.1 cm³/mol. The van der Waals surface area contributed by atoms with Gasteiger partial charge >= 0.3 is 0 Å². The molecule has 1 atom stereocenters. The molecule has 6 heteroatoms. The van der Waals surface area contributed by atoms with Gasteiger partial charge in [0.05, 0.1) is 12.5 Å². The molecule has 19 heavy (non-hydrogen) atoms. The van der Waals surface area contributed by atoms with Crippen LogP contribution in [0.15, 0.2) is 36.7 Å². The third kappa shape index (κ3) is 3.38. The summed E-state index contributed by atoms with van der Waals surface area (Å²) in [6.45, 7) is 0.578. The summed E-state index contributed by atoms with van der Waals surface area (Å²) in [7, 11) is 1.78. The molecule has 2 aromatic rings. The number of benzene rings is 1. The summed E-state index contributed by atoms with van der Waals surface area (Å²) in [5.74, 6) is 0.130. The third-order valence-corrected chi connectivity index (χ3v) is 2.82. The van der Waals surface area contributed by atoms with Crippen molar-refractivity contribution < 1.29 is 4.79 Å². The van der Waals surface area contributed by atoms with Gasteiger partial charge in [-0.3, -0.25) is 9.48 Å². The first-order chi connectivity index (χ1) is 9.20. The Bertz CT molecular complexity index is 537. The van der Waals surface area contributed by atoms with Crippen molar-refractivity contribution in [1.29, 1.82) is 0 Å². The molecule has 6 nitrogen and oxygen atoms in total. The van der Waals surface area contributed by atoms with Crippen LogP contribution in [0.3, 0.4) is 0 Å². The average molecular weight is 259 g/mol. The Hall–Kier alpha value is -2.21. The van der Waals surface area contributed by atoms with Crippen LogP contribution in [0.5, 0.6) is 0 Å². The molecular weight excluding hydrogens is 242 g/mol. The van der Waals surface area contributed by atoms with Gasteiger partial charge in [0.1, 0.15) is 6.33 Å². The SMILES string of the molecule is Cn1cnc(CNC(=O)C(CN)c2ccccc2)n1. The van der Waals surface area contributed by atoms with E-state index in [0.717, 1.165) is 5.56 Å². The molecule has 2 rings (SSSR count). The number of nitrogens with one attached hydrogen (secondary N) is 1. The number of carbonyl (C=O) groups excluding carboxylic acids is 1. The van der Waals surface area contributed by atoms with Gasteiger partial charge in [0.15, 0.2) is 5.82 Å². The van der Waals surface area contributed by atoms with Crippen LogP contribution >= 0.6 is 0 Å². The Balaban J connectivity index is 1.98. The van der Waals surface area contributed by atoms with Gasteiger partial charge in [0, 0.05) is 13.6 Å². The second-order valence-corrected chi connectivity index (χ2v) is 4.25. The maximum Gasteiger partial charge on any atom is 0.229 e. The lowest BCUT2D eigenvalue weighted by molar-refractivity contribution is -0.122. The van der Waals surface area contributed by atoms with Crippen LogP contribution in [0.4, 0.5) is 0 Å². The zero-order chi connectivity index (χ0) is 13.7. The molecule has 0 aliphatic heterocycles. The van der Waals surface area contributed by atoms with Gasteiger partial charge < -0.3 is 11.1 Å². The zero-order valence-electron chi connectivity index (χ0n) is 10.8. The number of hydrogen-bond donors (Lipinski definition) is 2. The molecule has 1 heterocycles. The normalized spacial score (nSPS) is 12.1. The van der Waals surface area contributed by atoms with E-state index in [2.05, 4.69) is 15.4 Å². The molecule has 1 amide bonds. The number of amides is 1. The summed E-state index contributed by atoms with van der Waals surface area (Å²) in [6, 6.07) is 9.50. The summed E-state index contributed by atoms with van der Waals surface area (Å²) in [5.41, 5.74) is 6.60. The lowest BCUT2D eigenvalue weighted by atomic mass is 9.98. The van der Waals surface area contributed by atoms with Crippen LogP contribution in [0.1, 0.15) is 17.3 Å². The number of rotatable bonds is 5. The van der Waals surface area contributed by atoms with Gasteiger partial charge in [-0.2, -0.15) is 5.10 Å². The Kier molecular flexibility index (Phi) is 4.25. The minimum atomic E-state index is -0.343. The molecule has 0 aliphatic rings. The highest BCUT2D eigenvalue weighted by atomic mass is 16.1. The van der Waals surface area contributed by atoms with Gasteiger partial charge in [-0.15, -0.1) is 0 Å². The summed E-state index contributed by atoms with van der Waals surface area (Å²) in [6.07, 6.45) is 1.60. The zero-order valence-corrected chi connectivity index (χ0v) is 10.8. The van der Waals surface area contributed by atoms with Crippen molar-refractivity contribution in [2.45, 2.75) is 12.5 Å². The van der Waals surface area contributed by atoms with E-state index in [1.807, 2.05) is 30.3 Å². The highest BCUT2D eigenvalue weighted by Gasteiger charge is 2.18. The number of nitrogens with two attached hydrogens (primary N) is 1. The smallest absolute Gasteiger partial charge is 0.229 e. The first kappa shape index (κ1) is 13.2. The van der Waals surface area contributed by atoms with Gasteiger partial charge in [-0.1, -0.05) is 30.3 Å². The lowest BCUT2D eigenvalue weighted by Crippen LogP contribution is -2.33. The van der Waals surface area contributed by atoms with Crippen LogP contribution in [-0.2, 0) is 18.4 Å². The largest absolute Gasteiger partial charge is 0.348 e. The highest BCUT2D eigenvalue weighted by molar-refractivity contribution is 5.83. The molecular formula is C13H17N5O. The van der Waals surface area contributed by atoms with E-state index in [1.54, 1.807) is 18.1 Å². The van der Waals surface area contributed by atoms with Crippen molar-refractivity contribution in [2.24, 2.45) is 12.8 Å². The van der Waals surface area contributed by atoms with E-state index in [0.29, 0.717) is 12.4 Å². The van der Waals surface area contributed by atoms with Crippen LogP contribution in [-0.4, -0.2) is 27.2 Å². The second kappa shape index (κ2) is 6.10. The average Bonchev–Trinajstić information content (AvgIpc) is 2.84. The monoisotopic (exact) mass is 259 g/mol. The standard InChI is InChI=1S/C13H17N5O/c1-18-9-16-12(17-18)8-15-13(19)11(7-14)10-5-3-2-4-6-10/h2-6,9,11H,7-8,14H2,1H3,(H,15,19). The number of aromatic nitrogens is 3. The summed E-state index contributed by atoms with van der Waals surface area (Å²) >= 11 is 0. The van der Waals surface area contributed by atoms with Crippen molar-refractivity contribution in [3.05, 3.63) is 48.0 Å². The number of carbonyl (C=O) groups is 1. The topological polar surface area (TPSA) is 85.8 Å². The van der Waals surface area contributed by atoms with Crippen LogP contribution in [0, 0.1) is 0 Å². The van der Waals surface area contributed by atoms with Crippen molar-refractivity contribution in [2.75, 3.05) is 6.54 Å². The highest BCUT2D eigenvalue weighted by Crippen LogP contribution is 2.14. The summed E-state index contributed by atoms with van der Waals surface area (Å²) in [4.78, 5) is 16.2. The molecule has 3 N–H and O–H groups in total. The Morgan fingerprint density at radius 3 is 2.74 bits per heavy atom. The van der Waals surface area contributed by atoms with Crippen LogP contribution in [0.25, 0.3) is 0 Å². The van der Waals surface area contributed by atoms with E-state index in [4.69, 9.17) is 5.73 Å². The molecule has 1 aromatic heterocycles. The van der Waals surface area contributed by atoms with Crippen LogP contribution in [0.2, 0.25) is 0 Å². The van der Waals surface area contributed by atoms with E-state index >= 15 is 0 Å². The molecule has 1 aromatic carbocycles. The van der Waals surface area contributed by atoms with Crippen molar-refractivity contribution in [3.8, 4) is 0 Å². The van der Waals surface area contributed by atoms with E-state index in [1.165, 1.54) is 0 Å². The van der Waals surface area contributed by atoms with Crippen molar-refractivity contribution >= 4 is 5.91 Å². The summed E-state index contributed by atoms with van der Waals surface area (Å²) < 4.78 is 1.60. The fourth-order valence-electron chi connectivity index (χ4n) is 1.83. The summed E-state index contributed by atoms with van der Waals surface area (Å²) in [5, 5.41) is 6.90. The number of nitrogens with zero attached hydrogens (tertiary/aromatic N) is 3. The fourth-order valence-corrected chi connectivity index (χ4v) is 1.83. The Morgan fingerprint density at radius 1 is 1.42 bits per heavy atom. The first-order valence-electron chi connectivity index (χ1n) is 6.08. The molecule has 0 fully saturated rings. The molecule has 0 radical (unpaired) electrons. The molecule has 0 saturated heterocycles. The third-order valence-electron chi connectivity index (χ3n) is 2.82. The first-order valence-corrected chi connectivity index (χ1v) is 6.08. The van der Waals surface area contributed by atoms with E-state index in [9.17, 15) is 4.79 Å². The maximum absolute atomic E-state index is 12.1. The van der Waals surface area contributed by atoms with Crippen molar-refractivity contribution in [3.63, 3.8) is 0 Å². The van der Waals surface area contributed by atoms with Crippen LogP contribution < -0.4 is 11.1 Å². The fraction of sp³-hybridized carbons (Fsp3) is 0.308. The minimum absolute atomic E-state index is 0.110. The number of aryl methyl sites for hydroxylation is 1. The van der Waals surface area contributed by atoms with Gasteiger partial charge in [0.2, 0.25) is 5.91 Å². The molecule has 100 valence electrons. The van der Waals surface area contributed by atoms with Gasteiger partial charge in [0.25, 0.3) is 0 Å². The quantitative estimate of drug-likeness (QED) is 0.801. The molecule has 0 aliphatic carbocycles. The number of hydrogen-bond acceptors (Lipinski definition) is 4. The molecule has 0 saturated carbocycles. The lowest BCUT2D eigenvalue weighted by Gasteiger charge is -2.14. The predicted octanol–water partition coefficient (Wildman–Crippen LogP) is 0.174. The maximum atomic E-state index is 12.1. The molecule has 0 bridgehead atoms. The van der Waals surface area contributed by atoms with Gasteiger partial charge in [-0.25, -0.2) is 4.98 Å². The Morgan fingerprint density at radius 2 is 2.16 bits per heavy atom. The molecule has 1 unspecified atom stereocenters. The van der Waals surface area contributed by atoms with Crippen molar-refractivity contribution in [1.82, 2.24) is 20.1 Å².